The number of halogens is 2. The molecular formula is C27H39F2NO4. The second-order valence-corrected chi connectivity index (χ2v) is 10.9. The van der Waals surface area contributed by atoms with Crippen LogP contribution in [0.15, 0.2) is 48.3 Å². The molecule has 4 rings (SSSR count). The second kappa shape index (κ2) is 9.16. The Bertz CT molecular complexity index is 864. The minimum absolute atomic E-state index is 0.0884. The molecule has 0 radical (unpaired) electrons. The standard InChI is InChI=1S/C27H39F2NO4/c1-19(2)32-22-18-27(33-21-11-7-6-10-20(21)22)14-16-30(17-15-27)25(4,31)24(3)13-9-8-12-23(24)34-26(5,28)29/h6-9,11-13,19-20,22-23,31H,10,14-18H2,1-5H3. The number of allylic oxidation sites excluding steroid dienone is 5. The Balaban J connectivity index is 1.51. The number of fused-ring (bicyclic) bond motifs is 1. The summed E-state index contributed by atoms with van der Waals surface area (Å²) in [5, 5.41) is 11.8. The monoisotopic (exact) mass is 479 g/mol. The van der Waals surface area contributed by atoms with Gasteiger partial charge in [0.05, 0.1) is 23.7 Å². The van der Waals surface area contributed by atoms with Gasteiger partial charge < -0.3 is 19.3 Å². The number of alkyl halides is 2. The smallest absolute Gasteiger partial charge is 0.353 e. The van der Waals surface area contributed by atoms with Gasteiger partial charge in [0.1, 0.15) is 17.1 Å². The van der Waals surface area contributed by atoms with Gasteiger partial charge in [-0.1, -0.05) is 36.5 Å². The van der Waals surface area contributed by atoms with E-state index in [1.165, 1.54) is 0 Å². The summed E-state index contributed by atoms with van der Waals surface area (Å²) < 4.78 is 45.6. The van der Waals surface area contributed by atoms with Crippen molar-refractivity contribution in [1.82, 2.24) is 4.90 Å². The lowest BCUT2D eigenvalue weighted by molar-refractivity contribution is -0.285. The van der Waals surface area contributed by atoms with Gasteiger partial charge >= 0.3 is 6.11 Å². The quantitative estimate of drug-likeness (QED) is 0.558. The molecule has 0 aromatic carbocycles. The van der Waals surface area contributed by atoms with Crippen molar-refractivity contribution in [3.63, 3.8) is 0 Å². The largest absolute Gasteiger partial charge is 0.491 e. The molecule has 5 atom stereocenters. The van der Waals surface area contributed by atoms with E-state index in [2.05, 4.69) is 26.0 Å². The number of ether oxygens (including phenoxy) is 3. The van der Waals surface area contributed by atoms with Gasteiger partial charge in [-0.05, 0) is 40.2 Å². The van der Waals surface area contributed by atoms with Gasteiger partial charge in [-0.3, -0.25) is 4.90 Å². The van der Waals surface area contributed by atoms with E-state index in [9.17, 15) is 13.9 Å². The van der Waals surface area contributed by atoms with Crippen molar-refractivity contribution in [2.45, 2.75) is 96.0 Å². The summed E-state index contributed by atoms with van der Waals surface area (Å²) in [6.07, 6.45) is 12.2. The topological polar surface area (TPSA) is 51.2 Å². The summed E-state index contributed by atoms with van der Waals surface area (Å²) in [6, 6.07) is 0. The molecule has 5 nitrogen and oxygen atoms in total. The van der Waals surface area contributed by atoms with E-state index in [0.717, 1.165) is 38.4 Å². The van der Waals surface area contributed by atoms with Crippen LogP contribution in [0.4, 0.5) is 8.78 Å². The highest BCUT2D eigenvalue weighted by atomic mass is 19.3. The van der Waals surface area contributed by atoms with Crippen LogP contribution < -0.4 is 0 Å². The molecule has 0 saturated carbocycles. The third kappa shape index (κ3) is 4.90. The molecule has 4 aliphatic rings. The fourth-order valence-corrected chi connectivity index (χ4v) is 5.89. The molecule has 2 saturated heterocycles. The molecule has 2 aliphatic heterocycles. The van der Waals surface area contributed by atoms with Crippen molar-refractivity contribution in [2.24, 2.45) is 11.3 Å². The van der Waals surface area contributed by atoms with Gasteiger partial charge in [0.25, 0.3) is 0 Å². The molecule has 190 valence electrons. The first-order chi connectivity index (χ1) is 15.9. The summed E-state index contributed by atoms with van der Waals surface area (Å²) >= 11 is 0. The number of rotatable bonds is 6. The van der Waals surface area contributed by atoms with Crippen molar-refractivity contribution in [3.8, 4) is 0 Å². The minimum atomic E-state index is -3.30. The molecule has 0 aromatic rings. The van der Waals surface area contributed by atoms with Crippen LogP contribution in [-0.2, 0) is 14.2 Å². The van der Waals surface area contributed by atoms with Crippen LogP contribution in [0, 0.1) is 11.3 Å². The van der Waals surface area contributed by atoms with Crippen molar-refractivity contribution in [1.29, 1.82) is 0 Å². The number of hydrogen-bond acceptors (Lipinski definition) is 5. The maximum absolute atomic E-state index is 13.8. The van der Waals surface area contributed by atoms with Crippen LogP contribution in [0.3, 0.4) is 0 Å². The summed E-state index contributed by atoms with van der Waals surface area (Å²) in [6.45, 7) is 9.51. The highest BCUT2D eigenvalue weighted by Gasteiger charge is 2.55. The number of aliphatic hydroxyl groups is 1. The zero-order chi connectivity index (χ0) is 24.8. The highest BCUT2D eigenvalue weighted by molar-refractivity contribution is 5.25. The predicted molar refractivity (Wildman–Crippen MR) is 127 cm³/mol. The number of nitrogens with zero attached hydrogens (tertiary/aromatic N) is 1. The van der Waals surface area contributed by atoms with Crippen molar-refractivity contribution in [2.75, 3.05) is 13.1 Å². The molecule has 34 heavy (non-hydrogen) atoms. The summed E-state index contributed by atoms with van der Waals surface area (Å²) in [7, 11) is 0. The summed E-state index contributed by atoms with van der Waals surface area (Å²) in [5.41, 5.74) is -2.80. The van der Waals surface area contributed by atoms with Crippen molar-refractivity contribution < 1.29 is 28.1 Å². The van der Waals surface area contributed by atoms with Gasteiger partial charge in [-0.2, -0.15) is 8.78 Å². The first-order valence-corrected chi connectivity index (χ1v) is 12.5. The maximum Gasteiger partial charge on any atom is 0.353 e. The molecule has 2 heterocycles. The van der Waals surface area contributed by atoms with Crippen LogP contribution in [0.5, 0.6) is 0 Å². The van der Waals surface area contributed by atoms with Crippen LogP contribution >= 0.6 is 0 Å². The highest BCUT2D eigenvalue weighted by Crippen LogP contribution is 2.49. The van der Waals surface area contributed by atoms with Crippen LogP contribution in [0.2, 0.25) is 0 Å². The molecule has 0 aromatic heterocycles. The van der Waals surface area contributed by atoms with Gasteiger partial charge in [-0.25, -0.2) is 0 Å². The molecule has 7 heteroatoms. The van der Waals surface area contributed by atoms with E-state index < -0.39 is 23.4 Å². The first-order valence-electron chi connectivity index (χ1n) is 12.5. The van der Waals surface area contributed by atoms with Crippen molar-refractivity contribution in [3.05, 3.63) is 48.3 Å². The Morgan fingerprint density at radius 2 is 1.88 bits per heavy atom. The number of piperidine rings is 1. The molecule has 0 amide bonds. The Labute approximate surface area is 202 Å². The molecule has 2 fully saturated rings. The predicted octanol–water partition coefficient (Wildman–Crippen LogP) is 5.33. The third-order valence-electron chi connectivity index (χ3n) is 8.03. The maximum atomic E-state index is 13.8. The fraction of sp³-hybridized carbons (Fsp3) is 0.704. The average Bonchev–Trinajstić information content (AvgIpc) is 2.74. The van der Waals surface area contributed by atoms with Crippen molar-refractivity contribution >= 4 is 0 Å². The van der Waals surface area contributed by atoms with Gasteiger partial charge in [0, 0.05) is 45.2 Å². The second-order valence-electron chi connectivity index (χ2n) is 10.9. The average molecular weight is 480 g/mol. The minimum Gasteiger partial charge on any atom is -0.491 e. The third-order valence-corrected chi connectivity index (χ3v) is 8.03. The van der Waals surface area contributed by atoms with E-state index in [1.807, 2.05) is 11.0 Å². The fourth-order valence-electron chi connectivity index (χ4n) is 5.89. The van der Waals surface area contributed by atoms with E-state index >= 15 is 0 Å². The Kier molecular flexibility index (Phi) is 6.88. The van der Waals surface area contributed by atoms with E-state index in [-0.39, 0.29) is 23.7 Å². The SMILES string of the molecule is CC(C)OC1CC2(CCN(C(C)(O)C3(C)C=CC=CC3OC(C)(F)F)CC2)OC2=CC=CCC21. The summed E-state index contributed by atoms with van der Waals surface area (Å²) in [4.78, 5) is 1.98. The van der Waals surface area contributed by atoms with Gasteiger partial charge in [-0.15, -0.1) is 0 Å². The molecule has 1 spiro atoms. The Morgan fingerprint density at radius 1 is 1.18 bits per heavy atom. The molecule has 2 aliphatic carbocycles. The molecule has 5 unspecified atom stereocenters. The van der Waals surface area contributed by atoms with Gasteiger partial charge in [0.2, 0.25) is 0 Å². The number of likely N-dealkylation sites (tertiary alicyclic amines) is 1. The first kappa shape index (κ1) is 25.5. The van der Waals surface area contributed by atoms with Crippen LogP contribution in [0.1, 0.15) is 60.3 Å². The lowest BCUT2D eigenvalue weighted by Gasteiger charge is -2.56. The van der Waals surface area contributed by atoms with E-state index in [1.54, 1.807) is 38.2 Å². The Hall–Kier alpha value is -1.54. The van der Waals surface area contributed by atoms with Crippen LogP contribution in [0.25, 0.3) is 0 Å². The molecule has 1 N–H and O–H groups in total. The van der Waals surface area contributed by atoms with E-state index in [0.29, 0.717) is 13.1 Å². The zero-order valence-corrected chi connectivity index (χ0v) is 21.0. The lowest BCUT2D eigenvalue weighted by Crippen LogP contribution is -2.65. The van der Waals surface area contributed by atoms with Crippen LogP contribution in [-0.4, -0.2) is 58.8 Å². The molecule has 0 bridgehead atoms. The lowest BCUT2D eigenvalue weighted by atomic mass is 9.70. The molecular weight excluding hydrogens is 440 g/mol. The zero-order valence-electron chi connectivity index (χ0n) is 21.0. The normalized spacial score (nSPS) is 35.1. The summed E-state index contributed by atoms with van der Waals surface area (Å²) in [5.74, 6) is 1.23. The van der Waals surface area contributed by atoms with Gasteiger partial charge in [0.15, 0.2) is 0 Å². The van der Waals surface area contributed by atoms with E-state index in [4.69, 9.17) is 14.2 Å². The number of hydrogen-bond donors (Lipinski definition) is 1. The Morgan fingerprint density at radius 3 is 2.53 bits per heavy atom.